The first-order chi connectivity index (χ1) is 9.41. The zero-order valence-electron chi connectivity index (χ0n) is 11.9. The summed E-state index contributed by atoms with van der Waals surface area (Å²) in [5.74, 6) is -0.320. The minimum absolute atomic E-state index is 0.0370. The molecular formula is C15H20FNO3. The molecule has 0 radical (unpaired) electrons. The lowest BCUT2D eigenvalue weighted by Gasteiger charge is -2.35. The summed E-state index contributed by atoms with van der Waals surface area (Å²) in [6, 6.07) is 4.55. The molecule has 1 aromatic rings. The lowest BCUT2D eigenvalue weighted by atomic mass is 9.93. The fraction of sp³-hybridized carbons (Fsp3) is 0.533. The van der Waals surface area contributed by atoms with Gasteiger partial charge in [0.2, 0.25) is 5.91 Å². The number of methoxy groups -OCH3 is 1. The Bertz CT molecular complexity index is 492. The number of hydrogen-bond acceptors (Lipinski definition) is 3. The molecule has 2 rings (SSSR count). The predicted molar refractivity (Wildman–Crippen MR) is 73.1 cm³/mol. The summed E-state index contributed by atoms with van der Waals surface area (Å²) in [5, 5.41) is 9.86. The molecule has 1 fully saturated rings. The zero-order valence-corrected chi connectivity index (χ0v) is 11.9. The number of hydrogen-bond donors (Lipinski definition) is 1. The maximum atomic E-state index is 13.6. The highest BCUT2D eigenvalue weighted by Gasteiger charge is 2.29. The lowest BCUT2D eigenvalue weighted by Crippen LogP contribution is -2.45. The van der Waals surface area contributed by atoms with Gasteiger partial charge in [0, 0.05) is 13.1 Å². The Balaban J connectivity index is 1.96. The third-order valence-corrected chi connectivity index (χ3v) is 3.76. The highest BCUT2D eigenvalue weighted by atomic mass is 19.1. The van der Waals surface area contributed by atoms with Crippen LogP contribution in [0.25, 0.3) is 0 Å². The number of nitrogens with zero attached hydrogens (tertiary/aromatic N) is 1. The van der Waals surface area contributed by atoms with Crippen LogP contribution in [0.5, 0.6) is 5.75 Å². The standard InChI is InChI=1S/C15H20FNO3/c1-15(19)5-7-17(8-6-15)14(18)10-11-3-4-13(20-2)12(16)9-11/h3-4,9,19H,5-8,10H2,1-2H3. The molecule has 5 heteroatoms. The molecule has 4 nitrogen and oxygen atoms in total. The van der Waals surface area contributed by atoms with E-state index in [2.05, 4.69) is 0 Å². The van der Waals surface area contributed by atoms with Crippen molar-refractivity contribution in [2.75, 3.05) is 20.2 Å². The quantitative estimate of drug-likeness (QED) is 0.918. The number of halogens is 1. The van der Waals surface area contributed by atoms with E-state index >= 15 is 0 Å². The Labute approximate surface area is 118 Å². The summed E-state index contributed by atoms with van der Waals surface area (Å²) >= 11 is 0. The second-order valence-corrected chi connectivity index (χ2v) is 5.52. The van der Waals surface area contributed by atoms with Crippen LogP contribution in [0.3, 0.4) is 0 Å². The molecule has 1 N–H and O–H groups in total. The summed E-state index contributed by atoms with van der Waals surface area (Å²) in [5.41, 5.74) is -0.0474. The zero-order chi connectivity index (χ0) is 14.8. The summed E-state index contributed by atoms with van der Waals surface area (Å²) in [4.78, 5) is 13.9. The van der Waals surface area contributed by atoms with Crippen molar-refractivity contribution in [3.05, 3.63) is 29.6 Å². The van der Waals surface area contributed by atoms with Crippen LogP contribution in [-0.2, 0) is 11.2 Å². The molecule has 0 spiro atoms. The molecule has 0 bridgehead atoms. The second-order valence-electron chi connectivity index (χ2n) is 5.52. The van der Waals surface area contributed by atoms with Crippen molar-refractivity contribution in [2.45, 2.75) is 31.8 Å². The van der Waals surface area contributed by atoms with E-state index < -0.39 is 11.4 Å². The van der Waals surface area contributed by atoms with Crippen molar-refractivity contribution in [2.24, 2.45) is 0 Å². The number of piperidine rings is 1. The number of amides is 1. The highest BCUT2D eigenvalue weighted by Crippen LogP contribution is 2.22. The molecule has 1 aliphatic heterocycles. The highest BCUT2D eigenvalue weighted by molar-refractivity contribution is 5.79. The van der Waals surface area contributed by atoms with Crippen LogP contribution in [0.4, 0.5) is 4.39 Å². The van der Waals surface area contributed by atoms with Gasteiger partial charge in [-0.15, -0.1) is 0 Å². The van der Waals surface area contributed by atoms with Gasteiger partial charge in [-0.1, -0.05) is 6.07 Å². The summed E-state index contributed by atoms with van der Waals surface area (Å²) in [7, 11) is 1.41. The SMILES string of the molecule is COc1ccc(CC(=O)N2CCC(C)(O)CC2)cc1F. The number of benzene rings is 1. The fourth-order valence-corrected chi connectivity index (χ4v) is 2.34. The smallest absolute Gasteiger partial charge is 0.226 e. The Morgan fingerprint density at radius 1 is 1.45 bits per heavy atom. The Morgan fingerprint density at radius 3 is 2.65 bits per heavy atom. The van der Waals surface area contributed by atoms with Gasteiger partial charge in [-0.2, -0.15) is 0 Å². The average Bonchev–Trinajstić information content (AvgIpc) is 2.38. The topological polar surface area (TPSA) is 49.8 Å². The molecule has 20 heavy (non-hydrogen) atoms. The first kappa shape index (κ1) is 14.8. The normalized spacial score (nSPS) is 17.9. The largest absolute Gasteiger partial charge is 0.494 e. The van der Waals surface area contributed by atoms with E-state index in [1.165, 1.54) is 19.2 Å². The third kappa shape index (κ3) is 3.48. The van der Waals surface area contributed by atoms with Gasteiger partial charge in [0.05, 0.1) is 19.1 Å². The van der Waals surface area contributed by atoms with Gasteiger partial charge < -0.3 is 14.7 Å². The van der Waals surface area contributed by atoms with E-state index in [-0.39, 0.29) is 18.1 Å². The van der Waals surface area contributed by atoms with Crippen LogP contribution in [-0.4, -0.2) is 41.7 Å². The van der Waals surface area contributed by atoms with E-state index in [0.717, 1.165) is 0 Å². The molecule has 0 aromatic heterocycles. The van der Waals surface area contributed by atoms with Gasteiger partial charge in [-0.25, -0.2) is 4.39 Å². The summed E-state index contributed by atoms with van der Waals surface area (Å²) < 4.78 is 18.4. The van der Waals surface area contributed by atoms with E-state index in [4.69, 9.17) is 4.74 Å². The molecular weight excluding hydrogens is 261 g/mol. The van der Waals surface area contributed by atoms with E-state index in [1.807, 2.05) is 0 Å². The van der Waals surface area contributed by atoms with Gasteiger partial charge in [-0.05, 0) is 37.5 Å². The molecule has 1 amide bonds. The van der Waals surface area contributed by atoms with E-state index in [1.54, 1.807) is 17.9 Å². The average molecular weight is 281 g/mol. The number of aliphatic hydroxyl groups is 1. The fourth-order valence-electron chi connectivity index (χ4n) is 2.34. The molecule has 110 valence electrons. The van der Waals surface area contributed by atoms with Crippen LogP contribution >= 0.6 is 0 Å². The first-order valence-corrected chi connectivity index (χ1v) is 6.74. The number of likely N-dealkylation sites (tertiary alicyclic amines) is 1. The van der Waals surface area contributed by atoms with Crippen LogP contribution in [0.1, 0.15) is 25.3 Å². The Hall–Kier alpha value is -1.62. The molecule has 1 aliphatic rings. The maximum Gasteiger partial charge on any atom is 0.226 e. The van der Waals surface area contributed by atoms with Gasteiger partial charge in [0.15, 0.2) is 11.6 Å². The van der Waals surface area contributed by atoms with Crippen molar-refractivity contribution >= 4 is 5.91 Å². The van der Waals surface area contributed by atoms with Gasteiger partial charge in [0.1, 0.15) is 0 Å². The molecule has 1 aromatic carbocycles. The van der Waals surface area contributed by atoms with Gasteiger partial charge in [0.25, 0.3) is 0 Å². The molecule has 0 atom stereocenters. The number of ether oxygens (including phenoxy) is 1. The van der Waals surface area contributed by atoms with Crippen molar-refractivity contribution in [3.8, 4) is 5.75 Å². The van der Waals surface area contributed by atoms with Crippen molar-refractivity contribution in [3.63, 3.8) is 0 Å². The Kier molecular flexibility index (Phi) is 4.28. The van der Waals surface area contributed by atoms with E-state index in [9.17, 15) is 14.3 Å². The molecule has 1 heterocycles. The first-order valence-electron chi connectivity index (χ1n) is 6.74. The van der Waals surface area contributed by atoms with Crippen LogP contribution in [0.2, 0.25) is 0 Å². The van der Waals surface area contributed by atoms with Crippen LogP contribution < -0.4 is 4.74 Å². The van der Waals surface area contributed by atoms with Crippen molar-refractivity contribution in [1.82, 2.24) is 4.90 Å². The number of carbonyl (C=O) groups is 1. The monoisotopic (exact) mass is 281 g/mol. The summed E-state index contributed by atoms with van der Waals surface area (Å²) in [6.07, 6.45) is 1.33. The number of carbonyl (C=O) groups excluding carboxylic acids is 1. The van der Waals surface area contributed by atoms with Crippen molar-refractivity contribution in [1.29, 1.82) is 0 Å². The minimum Gasteiger partial charge on any atom is -0.494 e. The van der Waals surface area contributed by atoms with Crippen LogP contribution in [0.15, 0.2) is 18.2 Å². The van der Waals surface area contributed by atoms with E-state index in [0.29, 0.717) is 31.5 Å². The second kappa shape index (κ2) is 5.79. The van der Waals surface area contributed by atoms with Gasteiger partial charge >= 0.3 is 0 Å². The molecule has 0 saturated carbocycles. The van der Waals surface area contributed by atoms with Crippen molar-refractivity contribution < 1.29 is 19.0 Å². The molecule has 0 unspecified atom stereocenters. The lowest BCUT2D eigenvalue weighted by molar-refractivity contribution is -0.134. The molecule has 1 saturated heterocycles. The summed E-state index contributed by atoms with van der Waals surface area (Å²) in [6.45, 7) is 2.88. The third-order valence-electron chi connectivity index (χ3n) is 3.76. The maximum absolute atomic E-state index is 13.6. The number of rotatable bonds is 3. The minimum atomic E-state index is -0.678. The molecule has 0 aliphatic carbocycles. The predicted octanol–water partition coefficient (Wildman–Crippen LogP) is 1.75. The van der Waals surface area contributed by atoms with Gasteiger partial charge in [-0.3, -0.25) is 4.79 Å². The van der Waals surface area contributed by atoms with Crippen LogP contribution in [0, 0.1) is 5.82 Å². The Morgan fingerprint density at radius 2 is 2.10 bits per heavy atom.